The third-order valence-corrected chi connectivity index (χ3v) is 6.52. The van der Waals surface area contributed by atoms with E-state index >= 15 is 0 Å². The number of carbonyl (C=O) groups excluding carboxylic acids is 2. The molecule has 7 nitrogen and oxygen atoms in total. The predicted octanol–water partition coefficient (Wildman–Crippen LogP) is 3.52. The molecule has 3 rings (SSSR count). The van der Waals surface area contributed by atoms with Crippen LogP contribution in [0.1, 0.15) is 20.7 Å². The van der Waals surface area contributed by atoms with Gasteiger partial charge < -0.3 is 11.1 Å². The number of amides is 2. The summed E-state index contributed by atoms with van der Waals surface area (Å²) in [5, 5.41) is 2.65. The summed E-state index contributed by atoms with van der Waals surface area (Å²) in [6.45, 7) is 0. The minimum absolute atomic E-state index is 0.0525. The average molecular weight is 444 g/mol. The summed E-state index contributed by atoms with van der Waals surface area (Å²) in [5.41, 5.74) is 6.14. The molecular weight excluding hydrogens is 426 g/mol. The Morgan fingerprint density at radius 2 is 1.57 bits per heavy atom. The van der Waals surface area contributed by atoms with Crippen molar-refractivity contribution in [3.05, 3.63) is 88.9 Å². The molecule has 0 aromatic heterocycles. The van der Waals surface area contributed by atoms with Crippen molar-refractivity contribution in [3.63, 3.8) is 0 Å². The monoisotopic (exact) mass is 443 g/mol. The fourth-order valence-electron chi connectivity index (χ4n) is 2.77. The van der Waals surface area contributed by atoms with E-state index in [9.17, 15) is 18.0 Å². The van der Waals surface area contributed by atoms with Crippen molar-refractivity contribution in [2.24, 2.45) is 5.73 Å². The molecule has 3 aromatic rings. The first kappa shape index (κ1) is 21.4. The summed E-state index contributed by atoms with van der Waals surface area (Å²) in [4.78, 5) is 24.3. The highest BCUT2D eigenvalue weighted by atomic mass is 35.5. The summed E-state index contributed by atoms with van der Waals surface area (Å²) in [5.74, 6) is -1.24. The number of anilines is 2. The zero-order valence-corrected chi connectivity index (χ0v) is 17.4. The van der Waals surface area contributed by atoms with Gasteiger partial charge in [0.25, 0.3) is 21.8 Å². The van der Waals surface area contributed by atoms with E-state index in [4.69, 9.17) is 17.3 Å². The van der Waals surface area contributed by atoms with E-state index in [0.29, 0.717) is 0 Å². The molecule has 0 saturated carbocycles. The molecule has 0 spiro atoms. The molecule has 0 radical (unpaired) electrons. The summed E-state index contributed by atoms with van der Waals surface area (Å²) in [7, 11) is -2.38. The minimum Gasteiger partial charge on any atom is -0.366 e. The smallest absolute Gasteiger partial charge is 0.264 e. The number of nitrogens with one attached hydrogen (secondary N) is 1. The Morgan fingerprint density at radius 1 is 0.933 bits per heavy atom. The fraction of sp³-hybridized carbons (Fsp3) is 0.0476. The minimum atomic E-state index is -3.78. The van der Waals surface area contributed by atoms with Crippen LogP contribution in [0.5, 0.6) is 0 Å². The molecular formula is C21H18ClN3O4S. The quantitative estimate of drug-likeness (QED) is 0.607. The molecule has 2 amide bonds. The molecule has 154 valence electrons. The molecule has 3 aromatic carbocycles. The maximum Gasteiger partial charge on any atom is 0.264 e. The van der Waals surface area contributed by atoms with Gasteiger partial charge in [-0.3, -0.25) is 13.9 Å². The number of halogens is 1. The lowest BCUT2D eigenvalue weighted by Gasteiger charge is -2.20. The predicted molar refractivity (Wildman–Crippen MR) is 116 cm³/mol. The van der Waals surface area contributed by atoms with Crippen LogP contribution in [0.25, 0.3) is 0 Å². The fourth-order valence-corrected chi connectivity index (χ4v) is 4.24. The van der Waals surface area contributed by atoms with Crippen LogP contribution in [0.3, 0.4) is 0 Å². The Hall–Kier alpha value is -3.36. The summed E-state index contributed by atoms with van der Waals surface area (Å²) in [6.07, 6.45) is 0. The largest absolute Gasteiger partial charge is 0.366 e. The molecule has 3 N–H and O–H groups in total. The van der Waals surface area contributed by atoms with Gasteiger partial charge in [-0.05, 0) is 42.5 Å². The Kier molecular flexibility index (Phi) is 6.09. The van der Waals surface area contributed by atoms with E-state index in [-0.39, 0.29) is 32.4 Å². The second-order valence-electron chi connectivity index (χ2n) is 6.31. The van der Waals surface area contributed by atoms with Gasteiger partial charge >= 0.3 is 0 Å². The Balaban J connectivity index is 1.87. The first-order valence-electron chi connectivity index (χ1n) is 8.75. The van der Waals surface area contributed by atoms with Crippen molar-refractivity contribution in [1.29, 1.82) is 0 Å². The zero-order chi connectivity index (χ0) is 21.9. The van der Waals surface area contributed by atoms with Crippen LogP contribution in [0.2, 0.25) is 5.02 Å². The maximum absolute atomic E-state index is 12.8. The number of sulfonamides is 1. The highest BCUT2D eigenvalue weighted by Crippen LogP contribution is 2.28. The number of hydrogen-bond acceptors (Lipinski definition) is 4. The van der Waals surface area contributed by atoms with Gasteiger partial charge in [-0.15, -0.1) is 0 Å². The van der Waals surface area contributed by atoms with Gasteiger partial charge in [-0.25, -0.2) is 8.42 Å². The van der Waals surface area contributed by atoms with Crippen molar-refractivity contribution in [3.8, 4) is 0 Å². The standard InChI is InChI=1S/C21H18ClN3O4S/c1-25(30(28,29)15-7-3-2-4-8-15)14-11-12-16(18(22)13-14)21(27)24-19-10-6-5-9-17(19)20(23)26/h2-13H,1H3,(H2,23,26)(H,24,27). The molecule has 30 heavy (non-hydrogen) atoms. The molecule has 0 aliphatic heterocycles. The van der Waals surface area contributed by atoms with Gasteiger partial charge in [0.05, 0.1) is 32.4 Å². The van der Waals surface area contributed by atoms with Gasteiger partial charge in [-0.1, -0.05) is 41.9 Å². The molecule has 0 aliphatic rings. The van der Waals surface area contributed by atoms with Gasteiger partial charge in [0.2, 0.25) is 0 Å². The Labute approximate surface area is 179 Å². The number of rotatable bonds is 6. The van der Waals surface area contributed by atoms with E-state index in [1.54, 1.807) is 36.4 Å². The topological polar surface area (TPSA) is 110 Å². The molecule has 0 fully saturated rings. The van der Waals surface area contributed by atoms with Crippen LogP contribution in [0, 0.1) is 0 Å². The van der Waals surface area contributed by atoms with Crippen molar-refractivity contribution < 1.29 is 18.0 Å². The summed E-state index contributed by atoms with van der Waals surface area (Å²) in [6, 6.07) is 18.5. The van der Waals surface area contributed by atoms with Crippen LogP contribution in [-0.4, -0.2) is 27.3 Å². The lowest BCUT2D eigenvalue weighted by Crippen LogP contribution is -2.26. The molecule has 0 heterocycles. The zero-order valence-electron chi connectivity index (χ0n) is 15.9. The average Bonchev–Trinajstić information content (AvgIpc) is 2.73. The van der Waals surface area contributed by atoms with Gasteiger partial charge in [0, 0.05) is 7.05 Å². The van der Waals surface area contributed by atoms with E-state index in [0.717, 1.165) is 4.31 Å². The number of nitrogens with zero attached hydrogens (tertiary/aromatic N) is 1. The highest BCUT2D eigenvalue weighted by molar-refractivity contribution is 7.92. The van der Waals surface area contributed by atoms with Gasteiger partial charge in [-0.2, -0.15) is 0 Å². The van der Waals surface area contributed by atoms with Crippen LogP contribution >= 0.6 is 11.6 Å². The lowest BCUT2D eigenvalue weighted by atomic mass is 10.1. The highest BCUT2D eigenvalue weighted by Gasteiger charge is 2.22. The van der Waals surface area contributed by atoms with E-state index in [1.807, 2.05) is 0 Å². The summed E-state index contributed by atoms with van der Waals surface area (Å²) < 4.78 is 26.6. The van der Waals surface area contributed by atoms with Crippen LogP contribution in [0.4, 0.5) is 11.4 Å². The molecule has 0 atom stereocenters. The Bertz CT molecular complexity index is 1210. The van der Waals surface area contributed by atoms with Crippen LogP contribution in [-0.2, 0) is 10.0 Å². The lowest BCUT2D eigenvalue weighted by molar-refractivity contribution is 0.100. The first-order chi connectivity index (χ1) is 14.2. The van der Waals surface area contributed by atoms with Crippen molar-refractivity contribution >= 4 is 44.8 Å². The second-order valence-corrected chi connectivity index (χ2v) is 8.69. The number of carbonyl (C=O) groups is 2. The second kappa shape index (κ2) is 8.56. The normalized spacial score (nSPS) is 11.0. The Morgan fingerprint density at radius 3 is 2.20 bits per heavy atom. The summed E-state index contributed by atoms with van der Waals surface area (Å²) >= 11 is 6.26. The van der Waals surface area contributed by atoms with E-state index in [1.165, 1.54) is 43.4 Å². The third-order valence-electron chi connectivity index (χ3n) is 4.40. The van der Waals surface area contributed by atoms with Gasteiger partial charge in [0.15, 0.2) is 0 Å². The number of nitrogens with two attached hydrogens (primary N) is 1. The number of benzene rings is 3. The van der Waals surface area contributed by atoms with E-state index < -0.39 is 21.8 Å². The molecule has 0 saturated heterocycles. The third kappa shape index (κ3) is 4.29. The molecule has 0 aliphatic carbocycles. The van der Waals surface area contributed by atoms with E-state index in [2.05, 4.69) is 5.32 Å². The van der Waals surface area contributed by atoms with Gasteiger partial charge in [0.1, 0.15) is 0 Å². The maximum atomic E-state index is 12.8. The molecule has 0 unspecified atom stereocenters. The number of hydrogen-bond donors (Lipinski definition) is 2. The SMILES string of the molecule is CN(c1ccc(C(=O)Nc2ccccc2C(N)=O)c(Cl)c1)S(=O)(=O)c1ccccc1. The number of para-hydroxylation sites is 1. The van der Waals surface area contributed by atoms with Crippen LogP contribution < -0.4 is 15.4 Å². The van der Waals surface area contributed by atoms with Crippen molar-refractivity contribution in [2.75, 3.05) is 16.7 Å². The first-order valence-corrected chi connectivity index (χ1v) is 10.6. The van der Waals surface area contributed by atoms with Crippen LogP contribution in [0.15, 0.2) is 77.7 Å². The molecule has 0 bridgehead atoms. The van der Waals surface area contributed by atoms with Crippen molar-refractivity contribution in [1.82, 2.24) is 0 Å². The van der Waals surface area contributed by atoms with Crippen molar-refractivity contribution in [2.45, 2.75) is 4.90 Å². The number of primary amides is 1. The molecule has 9 heteroatoms.